The molecule has 3 rings (SSSR count). The number of hydrogen-bond acceptors (Lipinski definition) is 2. The Morgan fingerprint density at radius 1 is 1.29 bits per heavy atom. The molecule has 3 heteroatoms. The topological polar surface area (TPSA) is 43.8 Å². The Balaban J connectivity index is 1.90. The third-order valence-electron chi connectivity index (χ3n) is 4.17. The minimum atomic E-state index is 0.718. The Kier molecular flexibility index (Phi) is 2.63. The average molecular weight is 229 g/mol. The van der Waals surface area contributed by atoms with Crippen LogP contribution in [0.2, 0.25) is 0 Å². The standard InChI is InChI=1S/C14H19N3/c1-17-14-5-3-2-4-12(14)13(16-17)8-10-6-7-11(10)9-15/h2-5,10-11H,6-9,15H2,1H3. The maximum Gasteiger partial charge on any atom is 0.0706 e. The van der Waals surface area contributed by atoms with Crippen molar-refractivity contribution < 1.29 is 0 Å². The minimum Gasteiger partial charge on any atom is -0.330 e. The molecule has 90 valence electrons. The van der Waals surface area contributed by atoms with Gasteiger partial charge in [0.25, 0.3) is 0 Å². The van der Waals surface area contributed by atoms with Crippen molar-refractivity contribution in [3.63, 3.8) is 0 Å². The van der Waals surface area contributed by atoms with Crippen molar-refractivity contribution in [1.29, 1.82) is 0 Å². The van der Waals surface area contributed by atoms with Gasteiger partial charge in [-0.05, 0) is 43.7 Å². The van der Waals surface area contributed by atoms with Crippen LogP contribution in [0.25, 0.3) is 10.9 Å². The van der Waals surface area contributed by atoms with Crippen LogP contribution in [0.1, 0.15) is 18.5 Å². The summed E-state index contributed by atoms with van der Waals surface area (Å²) in [7, 11) is 2.02. The molecule has 3 nitrogen and oxygen atoms in total. The number of benzene rings is 1. The van der Waals surface area contributed by atoms with E-state index in [1.165, 1.54) is 29.4 Å². The molecule has 1 fully saturated rings. The highest BCUT2D eigenvalue weighted by Gasteiger charge is 2.30. The second kappa shape index (κ2) is 4.15. The molecular formula is C14H19N3. The fraction of sp³-hybridized carbons (Fsp3) is 0.500. The molecule has 2 aromatic rings. The highest BCUT2D eigenvalue weighted by atomic mass is 15.3. The molecule has 0 amide bonds. The van der Waals surface area contributed by atoms with Gasteiger partial charge in [-0.3, -0.25) is 4.68 Å². The summed E-state index contributed by atoms with van der Waals surface area (Å²) in [5.74, 6) is 1.47. The molecule has 0 bridgehead atoms. The number of nitrogens with zero attached hydrogens (tertiary/aromatic N) is 2. The molecule has 0 spiro atoms. The van der Waals surface area contributed by atoms with E-state index >= 15 is 0 Å². The third kappa shape index (κ3) is 1.75. The van der Waals surface area contributed by atoms with Crippen molar-refractivity contribution in [3.05, 3.63) is 30.0 Å². The van der Waals surface area contributed by atoms with Crippen LogP contribution in [0.3, 0.4) is 0 Å². The number of hydrogen-bond donors (Lipinski definition) is 1. The van der Waals surface area contributed by atoms with Crippen LogP contribution in [-0.2, 0) is 13.5 Å². The second-order valence-corrected chi connectivity index (χ2v) is 5.12. The van der Waals surface area contributed by atoms with Crippen LogP contribution in [0.4, 0.5) is 0 Å². The van der Waals surface area contributed by atoms with Gasteiger partial charge in [-0.1, -0.05) is 18.2 Å². The van der Waals surface area contributed by atoms with E-state index in [1.807, 2.05) is 11.7 Å². The normalized spacial score (nSPS) is 23.9. The van der Waals surface area contributed by atoms with Crippen LogP contribution < -0.4 is 5.73 Å². The maximum absolute atomic E-state index is 5.77. The van der Waals surface area contributed by atoms with Crippen LogP contribution in [0.15, 0.2) is 24.3 Å². The van der Waals surface area contributed by atoms with Gasteiger partial charge in [0.2, 0.25) is 0 Å². The summed E-state index contributed by atoms with van der Waals surface area (Å²) >= 11 is 0. The van der Waals surface area contributed by atoms with Gasteiger partial charge in [0.1, 0.15) is 0 Å². The first-order chi connectivity index (χ1) is 8.29. The lowest BCUT2D eigenvalue weighted by Crippen LogP contribution is -2.33. The molecule has 1 aromatic heterocycles. The molecule has 2 atom stereocenters. The van der Waals surface area contributed by atoms with Crippen molar-refractivity contribution in [2.24, 2.45) is 24.6 Å². The van der Waals surface area contributed by atoms with Crippen molar-refractivity contribution >= 4 is 10.9 Å². The molecular weight excluding hydrogens is 210 g/mol. The van der Waals surface area contributed by atoms with Gasteiger partial charge in [-0.25, -0.2) is 0 Å². The van der Waals surface area contributed by atoms with E-state index in [1.54, 1.807) is 0 Å². The maximum atomic E-state index is 5.77. The Morgan fingerprint density at radius 2 is 2.06 bits per heavy atom. The zero-order valence-corrected chi connectivity index (χ0v) is 10.3. The van der Waals surface area contributed by atoms with E-state index in [-0.39, 0.29) is 0 Å². The van der Waals surface area contributed by atoms with Crippen molar-refractivity contribution in [3.8, 4) is 0 Å². The smallest absolute Gasteiger partial charge is 0.0706 e. The summed E-state index contributed by atoms with van der Waals surface area (Å²) in [6.45, 7) is 0.829. The number of nitrogens with two attached hydrogens (primary N) is 1. The van der Waals surface area contributed by atoms with E-state index in [2.05, 4.69) is 29.4 Å². The Morgan fingerprint density at radius 3 is 2.76 bits per heavy atom. The molecule has 0 aliphatic heterocycles. The molecule has 1 aliphatic carbocycles. The van der Waals surface area contributed by atoms with E-state index in [4.69, 9.17) is 5.73 Å². The van der Waals surface area contributed by atoms with Gasteiger partial charge >= 0.3 is 0 Å². The van der Waals surface area contributed by atoms with Gasteiger partial charge < -0.3 is 5.73 Å². The van der Waals surface area contributed by atoms with E-state index in [9.17, 15) is 0 Å². The zero-order chi connectivity index (χ0) is 11.8. The molecule has 1 aromatic carbocycles. The Bertz CT molecular complexity index is 527. The molecule has 2 N–H and O–H groups in total. The lowest BCUT2D eigenvalue weighted by atomic mass is 9.71. The monoisotopic (exact) mass is 229 g/mol. The van der Waals surface area contributed by atoms with E-state index in [0.29, 0.717) is 0 Å². The predicted octanol–water partition coefficient (Wildman–Crippen LogP) is 2.10. The lowest BCUT2D eigenvalue weighted by molar-refractivity contribution is 0.182. The molecule has 1 aliphatic rings. The van der Waals surface area contributed by atoms with Crippen molar-refractivity contribution in [1.82, 2.24) is 9.78 Å². The number of fused-ring (bicyclic) bond motifs is 1. The number of aromatic nitrogens is 2. The summed E-state index contributed by atoms with van der Waals surface area (Å²) in [6, 6.07) is 8.47. The lowest BCUT2D eigenvalue weighted by Gasteiger charge is -2.35. The fourth-order valence-electron chi connectivity index (χ4n) is 2.90. The highest BCUT2D eigenvalue weighted by molar-refractivity contribution is 5.81. The van der Waals surface area contributed by atoms with E-state index in [0.717, 1.165) is 24.8 Å². The zero-order valence-electron chi connectivity index (χ0n) is 10.3. The average Bonchev–Trinajstić information content (AvgIpc) is 2.63. The summed E-state index contributed by atoms with van der Waals surface area (Å²) in [5.41, 5.74) is 8.24. The first-order valence-electron chi connectivity index (χ1n) is 6.40. The highest BCUT2D eigenvalue weighted by Crippen LogP contribution is 2.36. The summed E-state index contributed by atoms with van der Waals surface area (Å²) in [4.78, 5) is 0. The summed E-state index contributed by atoms with van der Waals surface area (Å²) in [5, 5.41) is 5.96. The summed E-state index contributed by atoms with van der Waals surface area (Å²) in [6.07, 6.45) is 3.70. The van der Waals surface area contributed by atoms with Crippen molar-refractivity contribution in [2.75, 3.05) is 6.54 Å². The molecule has 1 saturated carbocycles. The largest absolute Gasteiger partial charge is 0.330 e. The van der Waals surface area contributed by atoms with Gasteiger partial charge in [0.15, 0.2) is 0 Å². The molecule has 0 saturated heterocycles. The number of para-hydroxylation sites is 1. The number of rotatable bonds is 3. The predicted molar refractivity (Wildman–Crippen MR) is 69.7 cm³/mol. The first kappa shape index (κ1) is 10.8. The quantitative estimate of drug-likeness (QED) is 0.876. The minimum absolute atomic E-state index is 0.718. The van der Waals surface area contributed by atoms with Crippen LogP contribution in [0.5, 0.6) is 0 Å². The third-order valence-corrected chi connectivity index (χ3v) is 4.17. The second-order valence-electron chi connectivity index (χ2n) is 5.12. The SMILES string of the molecule is Cn1nc(CC2CCC2CN)c2ccccc21. The van der Waals surface area contributed by atoms with Gasteiger partial charge in [-0.2, -0.15) is 5.10 Å². The van der Waals surface area contributed by atoms with Gasteiger partial charge in [0.05, 0.1) is 11.2 Å². The Hall–Kier alpha value is -1.35. The van der Waals surface area contributed by atoms with Crippen LogP contribution in [0, 0.1) is 11.8 Å². The Labute approximate surface area is 102 Å². The van der Waals surface area contributed by atoms with Crippen LogP contribution in [-0.4, -0.2) is 16.3 Å². The molecule has 2 unspecified atom stereocenters. The molecule has 0 radical (unpaired) electrons. The molecule has 17 heavy (non-hydrogen) atoms. The van der Waals surface area contributed by atoms with Gasteiger partial charge in [-0.15, -0.1) is 0 Å². The fourth-order valence-corrected chi connectivity index (χ4v) is 2.90. The molecule has 1 heterocycles. The van der Waals surface area contributed by atoms with E-state index < -0.39 is 0 Å². The van der Waals surface area contributed by atoms with Crippen LogP contribution >= 0.6 is 0 Å². The first-order valence-corrected chi connectivity index (χ1v) is 6.40. The number of aryl methyl sites for hydroxylation is 1. The summed E-state index contributed by atoms with van der Waals surface area (Å²) < 4.78 is 1.99. The van der Waals surface area contributed by atoms with Gasteiger partial charge in [0, 0.05) is 12.4 Å². The van der Waals surface area contributed by atoms with Crippen molar-refractivity contribution in [2.45, 2.75) is 19.3 Å².